The Morgan fingerprint density at radius 1 is 1.50 bits per heavy atom. The fraction of sp³-hybridized carbons (Fsp3) is 0.800. The monoisotopic (exact) mass is 168 g/mol. The van der Waals surface area contributed by atoms with E-state index in [4.69, 9.17) is 0 Å². The van der Waals surface area contributed by atoms with Gasteiger partial charge in [-0.2, -0.15) is 0 Å². The van der Waals surface area contributed by atoms with Crippen molar-refractivity contribution in [1.29, 1.82) is 0 Å². The van der Waals surface area contributed by atoms with Crippen molar-refractivity contribution in [3.63, 3.8) is 0 Å². The van der Waals surface area contributed by atoms with Crippen LogP contribution >= 0.6 is 0 Å². The second-order valence-electron chi connectivity index (χ2n) is 3.52. The SMILES string of the molecule is CCCCNCC(C)=C1CNC1. The summed E-state index contributed by atoms with van der Waals surface area (Å²) in [5.74, 6) is 0. The molecule has 70 valence electrons. The zero-order chi connectivity index (χ0) is 8.81. The van der Waals surface area contributed by atoms with Crippen LogP contribution in [-0.4, -0.2) is 26.2 Å². The first kappa shape index (κ1) is 9.75. The summed E-state index contributed by atoms with van der Waals surface area (Å²) in [6, 6.07) is 0. The number of rotatable bonds is 5. The third-order valence-corrected chi connectivity index (χ3v) is 2.38. The highest BCUT2D eigenvalue weighted by molar-refractivity contribution is 5.22. The minimum Gasteiger partial charge on any atom is -0.313 e. The van der Waals surface area contributed by atoms with Crippen molar-refractivity contribution in [2.24, 2.45) is 0 Å². The lowest BCUT2D eigenvalue weighted by atomic mass is 10.0. The van der Waals surface area contributed by atoms with Crippen molar-refractivity contribution in [1.82, 2.24) is 10.6 Å². The van der Waals surface area contributed by atoms with Gasteiger partial charge in [-0.3, -0.25) is 0 Å². The summed E-state index contributed by atoms with van der Waals surface area (Å²) in [6.07, 6.45) is 2.57. The largest absolute Gasteiger partial charge is 0.313 e. The van der Waals surface area contributed by atoms with Gasteiger partial charge >= 0.3 is 0 Å². The first-order chi connectivity index (χ1) is 5.84. The lowest BCUT2D eigenvalue weighted by molar-refractivity contribution is 0.629. The van der Waals surface area contributed by atoms with E-state index in [-0.39, 0.29) is 0 Å². The molecule has 1 aliphatic heterocycles. The van der Waals surface area contributed by atoms with Crippen LogP contribution in [0.1, 0.15) is 26.7 Å². The summed E-state index contributed by atoms with van der Waals surface area (Å²) in [5.41, 5.74) is 3.13. The Hall–Kier alpha value is -0.340. The van der Waals surface area contributed by atoms with Gasteiger partial charge in [0.05, 0.1) is 0 Å². The van der Waals surface area contributed by atoms with Gasteiger partial charge < -0.3 is 10.6 Å². The van der Waals surface area contributed by atoms with Gasteiger partial charge in [0, 0.05) is 19.6 Å². The lowest BCUT2D eigenvalue weighted by Crippen LogP contribution is -2.36. The summed E-state index contributed by atoms with van der Waals surface area (Å²) < 4.78 is 0. The van der Waals surface area contributed by atoms with Gasteiger partial charge in [-0.05, 0) is 25.5 Å². The van der Waals surface area contributed by atoms with Gasteiger partial charge in [0.2, 0.25) is 0 Å². The Balaban J connectivity index is 2.06. The Labute approximate surface area is 75.4 Å². The molecule has 1 saturated heterocycles. The zero-order valence-electron chi connectivity index (χ0n) is 8.24. The summed E-state index contributed by atoms with van der Waals surface area (Å²) in [5, 5.41) is 6.71. The van der Waals surface area contributed by atoms with Crippen molar-refractivity contribution < 1.29 is 0 Å². The second-order valence-corrected chi connectivity index (χ2v) is 3.52. The molecular weight excluding hydrogens is 148 g/mol. The molecule has 1 aliphatic rings. The fourth-order valence-corrected chi connectivity index (χ4v) is 1.25. The molecule has 0 aromatic carbocycles. The predicted molar refractivity (Wildman–Crippen MR) is 53.3 cm³/mol. The van der Waals surface area contributed by atoms with E-state index in [0.717, 1.165) is 26.2 Å². The molecule has 1 rings (SSSR count). The Morgan fingerprint density at radius 2 is 2.25 bits per heavy atom. The third kappa shape index (κ3) is 2.95. The van der Waals surface area contributed by atoms with Gasteiger partial charge in [0.1, 0.15) is 0 Å². The molecule has 2 N–H and O–H groups in total. The summed E-state index contributed by atoms with van der Waals surface area (Å²) in [6.45, 7) is 8.92. The van der Waals surface area contributed by atoms with E-state index in [0.29, 0.717) is 0 Å². The molecule has 0 radical (unpaired) electrons. The molecule has 0 aliphatic carbocycles. The molecule has 1 heterocycles. The molecule has 1 fully saturated rings. The summed E-state index contributed by atoms with van der Waals surface area (Å²) in [4.78, 5) is 0. The average Bonchev–Trinajstić information content (AvgIpc) is 1.95. The maximum absolute atomic E-state index is 3.45. The topological polar surface area (TPSA) is 24.1 Å². The molecule has 2 heteroatoms. The van der Waals surface area contributed by atoms with Crippen LogP contribution < -0.4 is 10.6 Å². The highest BCUT2D eigenvalue weighted by Gasteiger charge is 2.09. The Morgan fingerprint density at radius 3 is 2.75 bits per heavy atom. The minimum atomic E-state index is 1.08. The van der Waals surface area contributed by atoms with Crippen LogP contribution in [0.25, 0.3) is 0 Å². The molecule has 0 saturated carbocycles. The van der Waals surface area contributed by atoms with Crippen LogP contribution in [0.2, 0.25) is 0 Å². The minimum absolute atomic E-state index is 1.08. The van der Waals surface area contributed by atoms with Gasteiger partial charge in [-0.25, -0.2) is 0 Å². The summed E-state index contributed by atoms with van der Waals surface area (Å²) in [7, 11) is 0. The predicted octanol–water partition coefficient (Wildman–Crippen LogP) is 1.30. The van der Waals surface area contributed by atoms with Crippen LogP contribution in [0, 0.1) is 0 Å². The van der Waals surface area contributed by atoms with Crippen molar-refractivity contribution in [2.75, 3.05) is 26.2 Å². The van der Waals surface area contributed by atoms with Gasteiger partial charge in [0.25, 0.3) is 0 Å². The molecule has 0 aromatic heterocycles. The lowest BCUT2D eigenvalue weighted by Gasteiger charge is -2.22. The Bertz CT molecular complexity index is 155. The van der Waals surface area contributed by atoms with E-state index in [9.17, 15) is 0 Å². The molecule has 0 bridgehead atoms. The number of nitrogens with one attached hydrogen (secondary N) is 2. The second kappa shape index (κ2) is 5.33. The van der Waals surface area contributed by atoms with Crippen molar-refractivity contribution in [3.8, 4) is 0 Å². The maximum atomic E-state index is 3.45. The van der Waals surface area contributed by atoms with Crippen LogP contribution in [0.4, 0.5) is 0 Å². The molecule has 0 atom stereocenters. The van der Waals surface area contributed by atoms with Gasteiger partial charge in [-0.1, -0.05) is 18.9 Å². The van der Waals surface area contributed by atoms with E-state index < -0.39 is 0 Å². The van der Waals surface area contributed by atoms with Crippen LogP contribution in [0.3, 0.4) is 0 Å². The number of hydrogen-bond acceptors (Lipinski definition) is 2. The van der Waals surface area contributed by atoms with Gasteiger partial charge in [-0.15, -0.1) is 0 Å². The summed E-state index contributed by atoms with van der Waals surface area (Å²) >= 11 is 0. The third-order valence-electron chi connectivity index (χ3n) is 2.38. The average molecular weight is 168 g/mol. The van der Waals surface area contributed by atoms with Crippen molar-refractivity contribution in [2.45, 2.75) is 26.7 Å². The molecule has 0 aromatic rings. The molecule has 0 spiro atoms. The van der Waals surface area contributed by atoms with E-state index in [1.54, 1.807) is 5.57 Å². The molecule has 0 unspecified atom stereocenters. The Kier molecular flexibility index (Phi) is 4.33. The van der Waals surface area contributed by atoms with Crippen LogP contribution in [-0.2, 0) is 0 Å². The van der Waals surface area contributed by atoms with Crippen molar-refractivity contribution >= 4 is 0 Å². The van der Waals surface area contributed by atoms with Crippen LogP contribution in [0.5, 0.6) is 0 Å². The van der Waals surface area contributed by atoms with Crippen LogP contribution in [0.15, 0.2) is 11.1 Å². The standard InChI is InChI=1S/C10H20N2/c1-3-4-5-11-6-9(2)10-7-12-8-10/h11-12H,3-8H2,1-2H3. The fourth-order valence-electron chi connectivity index (χ4n) is 1.25. The van der Waals surface area contributed by atoms with E-state index in [2.05, 4.69) is 24.5 Å². The van der Waals surface area contributed by atoms with E-state index in [1.807, 2.05) is 0 Å². The molecule has 2 nitrogen and oxygen atoms in total. The van der Waals surface area contributed by atoms with E-state index in [1.165, 1.54) is 18.4 Å². The normalized spacial score (nSPS) is 16.0. The van der Waals surface area contributed by atoms with E-state index >= 15 is 0 Å². The highest BCUT2D eigenvalue weighted by atomic mass is 14.9. The zero-order valence-corrected chi connectivity index (χ0v) is 8.24. The van der Waals surface area contributed by atoms with Crippen molar-refractivity contribution in [3.05, 3.63) is 11.1 Å². The van der Waals surface area contributed by atoms with Gasteiger partial charge in [0.15, 0.2) is 0 Å². The first-order valence-corrected chi connectivity index (χ1v) is 4.93. The highest BCUT2D eigenvalue weighted by Crippen LogP contribution is 2.07. The number of unbranched alkanes of at least 4 members (excludes halogenated alkanes) is 1. The molecule has 0 amide bonds. The number of hydrogen-bond donors (Lipinski definition) is 2. The first-order valence-electron chi connectivity index (χ1n) is 4.93. The maximum Gasteiger partial charge on any atom is 0.0183 e. The molecule has 12 heavy (non-hydrogen) atoms. The molecular formula is C10H20N2. The smallest absolute Gasteiger partial charge is 0.0183 e. The quantitative estimate of drug-likeness (QED) is 0.477.